The molecule has 0 spiro atoms. The van der Waals surface area contributed by atoms with E-state index >= 15 is 0 Å². The van der Waals surface area contributed by atoms with Crippen LogP contribution < -0.4 is 9.47 Å². The van der Waals surface area contributed by atoms with Crippen molar-refractivity contribution in [1.29, 1.82) is 0 Å². The second kappa shape index (κ2) is 10.5. The number of carbonyl (C=O) groups excluding carboxylic acids is 2. The maximum absolute atomic E-state index is 12.2. The molecule has 0 amide bonds. The zero-order chi connectivity index (χ0) is 22.1. The Balaban J connectivity index is 1.76. The van der Waals surface area contributed by atoms with Crippen molar-refractivity contribution in [3.05, 3.63) is 47.5 Å². The van der Waals surface area contributed by atoms with Gasteiger partial charge in [-0.25, -0.2) is 9.59 Å². The third kappa shape index (κ3) is 6.09. The van der Waals surface area contributed by atoms with Crippen LogP contribution in [0.3, 0.4) is 0 Å². The normalized spacial score (nSPS) is 14.6. The SMILES string of the molecule is O=C1OCCCOC(=O)c2cc(ccc2O)OCC#CC#CCOc2ccc(O)c1c2. The quantitative estimate of drug-likeness (QED) is 0.491. The number of aromatic hydroxyl groups is 2. The highest BCUT2D eigenvalue weighted by atomic mass is 16.5. The third-order valence-electron chi connectivity index (χ3n) is 3.99. The number of fused-ring (bicyclic) bond motifs is 4. The second-order valence-corrected chi connectivity index (χ2v) is 6.16. The van der Waals surface area contributed by atoms with E-state index in [-0.39, 0.29) is 55.5 Å². The van der Waals surface area contributed by atoms with Gasteiger partial charge in [0, 0.05) is 6.42 Å². The van der Waals surface area contributed by atoms with Crippen LogP contribution in [0.2, 0.25) is 0 Å². The van der Waals surface area contributed by atoms with E-state index in [4.69, 9.17) is 18.9 Å². The number of phenols is 2. The van der Waals surface area contributed by atoms with Gasteiger partial charge in [0.2, 0.25) is 0 Å². The average Bonchev–Trinajstić information content (AvgIpc) is 2.76. The molecule has 2 aromatic rings. The highest BCUT2D eigenvalue weighted by Gasteiger charge is 2.16. The maximum atomic E-state index is 12.2. The van der Waals surface area contributed by atoms with Gasteiger partial charge in [0.05, 0.1) is 13.2 Å². The first-order valence-electron chi connectivity index (χ1n) is 9.26. The molecule has 0 aliphatic carbocycles. The highest BCUT2D eigenvalue weighted by molar-refractivity contribution is 5.93. The summed E-state index contributed by atoms with van der Waals surface area (Å²) < 4.78 is 21.1. The molecule has 0 unspecified atom stereocenters. The van der Waals surface area contributed by atoms with Crippen LogP contribution in [0.25, 0.3) is 0 Å². The molecule has 3 rings (SSSR count). The van der Waals surface area contributed by atoms with E-state index in [0.29, 0.717) is 11.5 Å². The zero-order valence-electron chi connectivity index (χ0n) is 16.3. The second-order valence-electron chi connectivity index (χ2n) is 6.16. The Morgan fingerprint density at radius 1 is 0.677 bits per heavy atom. The number of rotatable bonds is 0. The molecule has 31 heavy (non-hydrogen) atoms. The van der Waals surface area contributed by atoms with Crippen LogP contribution in [-0.2, 0) is 9.47 Å². The first-order chi connectivity index (χ1) is 15.0. The number of phenolic OH excluding ortho intramolecular Hbond substituents is 2. The van der Waals surface area contributed by atoms with Crippen LogP contribution in [0, 0.1) is 23.7 Å². The molecular weight excluding hydrogens is 404 g/mol. The minimum atomic E-state index is -0.750. The molecule has 1 aliphatic rings. The summed E-state index contributed by atoms with van der Waals surface area (Å²) in [6, 6.07) is 8.30. The van der Waals surface area contributed by atoms with Crippen LogP contribution in [0.15, 0.2) is 36.4 Å². The molecule has 2 aromatic carbocycles. The van der Waals surface area contributed by atoms with Gasteiger partial charge in [-0.2, -0.15) is 0 Å². The standard InChI is InChI=1S/C23H18O8/c24-20-8-6-16-14-18(20)22(26)30-12-5-13-31-23(27)19-15-17(7-9-21(19)25)29-11-4-2-1-3-10-28-16/h6-9,14-15,24-25H,5,10-13H2. The van der Waals surface area contributed by atoms with Crippen molar-refractivity contribution in [3.63, 3.8) is 0 Å². The molecule has 0 aromatic heterocycles. The molecule has 1 aliphatic heterocycles. The van der Waals surface area contributed by atoms with Crippen molar-refractivity contribution in [2.75, 3.05) is 26.4 Å². The van der Waals surface area contributed by atoms with Crippen molar-refractivity contribution in [1.82, 2.24) is 0 Å². The van der Waals surface area contributed by atoms with Gasteiger partial charge in [-0.05, 0) is 60.1 Å². The van der Waals surface area contributed by atoms with Gasteiger partial charge in [-0.3, -0.25) is 0 Å². The maximum Gasteiger partial charge on any atom is 0.342 e. The lowest BCUT2D eigenvalue weighted by molar-refractivity contribution is 0.0392. The molecule has 1 heterocycles. The Labute approximate surface area is 178 Å². The topological polar surface area (TPSA) is 112 Å². The predicted molar refractivity (Wildman–Crippen MR) is 108 cm³/mol. The van der Waals surface area contributed by atoms with E-state index in [0.717, 1.165) is 0 Å². The molecule has 0 saturated heterocycles. The summed E-state index contributed by atoms with van der Waals surface area (Å²) in [5.74, 6) is 9.23. The number of esters is 2. The summed E-state index contributed by atoms with van der Waals surface area (Å²) in [6.07, 6.45) is 0.219. The lowest BCUT2D eigenvalue weighted by atomic mass is 10.2. The van der Waals surface area contributed by atoms with E-state index < -0.39 is 11.9 Å². The molecular formula is C23H18O8. The summed E-state index contributed by atoms with van der Waals surface area (Å²) in [5.41, 5.74) is -0.126. The smallest absolute Gasteiger partial charge is 0.342 e. The molecule has 158 valence electrons. The van der Waals surface area contributed by atoms with Gasteiger partial charge in [0.25, 0.3) is 0 Å². The van der Waals surface area contributed by atoms with Gasteiger partial charge in [-0.1, -0.05) is 0 Å². The van der Waals surface area contributed by atoms with Crippen LogP contribution >= 0.6 is 0 Å². The Bertz CT molecular complexity index is 1010. The molecule has 2 N–H and O–H groups in total. The van der Waals surface area contributed by atoms with Gasteiger partial charge in [0.1, 0.15) is 47.3 Å². The predicted octanol–water partition coefficient (Wildman–Crippen LogP) is 2.28. The minimum absolute atomic E-state index is 0.0234. The lowest BCUT2D eigenvalue weighted by Gasteiger charge is -2.10. The zero-order valence-corrected chi connectivity index (χ0v) is 16.3. The summed E-state index contributed by atoms with van der Waals surface area (Å²) >= 11 is 0. The van der Waals surface area contributed by atoms with Crippen molar-refractivity contribution in [2.45, 2.75) is 6.42 Å². The van der Waals surface area contributed by atoms with Gasteiger partial charge in [0.15, 0.2) is 0 Å². The average molecular weight is 422 g/mol. The third-order valence-corrected chi connectivity index (χ3v) is 3.99. The molecule has 8 heteroatoms. The molecule has 0 radical (unpaired) electrons. The Kier molecular flexibility index (Phi) is 7.23. The molecule has 0 saturated carbocycles. The summed E-state index contributed by atoms with van der Waals surface area (Å²) in [7, 11) is 0. The minimum Gasteiger partial charge on any atom is -0.507 e. The fraction of sp³-hybridized carbons (Fsp3) is 0.217. The van der Waals surface area contributed by atoms with E-state index in [9.17, 15) is 19.8 Å². The largest absolute Gasteiger partial charge is 0.507 e. The Hall–Kier alpha value is -4.30. The van der Waals surface area contributed by atoms with Gasteiger partial charge in [-0.15, -0.1) is 0 Å². The molecule has 4 bridgehead atoms. The number of ether oxygens (including phenoxy) is 4. The summed E-state index contributed by atoms with van der Waals surface area (Å²) in [4.78, 5) is 24.4. The van der Waals surface area contributed by atoms with Crippen LogP contribution in [0.4, 0.5) is 0 Å². The van der Waals surface area contributed by atoms with Crippen molar-refractivity contribution in [2.24, 2.45) is 0 Å². The van der Waals surface area contributed by atoms with Crippen LogP contribution in [-0.4, -0.2) is 48.6 Å². The summed E-state index contributed by atoms with van der Waals surface area (Å²) in [6.45, 7) is -0.0473. The van der Waals surface area contributed by atoms with E-state index in [1.807, 2.05) is 0 Å². The van der Waals surface area contributed by atoms with Gasteiger partial charge >= 0.3 is 11.9 Å². The van der Waals surface area contributed by atoms with E-state index in [1.165, 1.54) is 36.4 Å². The van der Waals surface area contributed by atoms with Crippen molar-refractivity contribution < 1.29 is 38.7 Å². The number of hydrogen-bond acceptors (Lipinski definition) is 8. The first kappa shape index (κ1) is 21.4. The number of benzene rings is 2. The number of hydrogen-bond donors (Lipinski definition) is 2. The molecule has 0 fully saturated rings. The lowest BCUT2D eigenvalue weighted by Crippen LogP contribution is -2.12. The summed E-state index contributed by atoms with van der Waals surface area (Å²) in [5, 5.41) is 19.8. The van der Waals surface area contributed by atoms with Crippen LogP contribution in [0.5, 0.6) is 23.0 Å². The Morgan fingerprint density at radius 2 is 1.13 bits per heavy atom. The van der Waals surface area contributed by atoms with Crippen molar-refractivity contribution >= 4 is 11.9 Å². The van der Waals surface area contributed by atoms with E-state index in [2.05, 4.69) is 23.7 Å². The highest BCUT2D eigenvalue weighted by Crippen LogP contribution is 2.25. The molecule has 0 atom stereocenters. The fourth-order valence-electron chi connectivity index (χ4n) is 2.48. The number of cyclic esters (lactones) is 2. The fourth-order valence-corrected chi connectivity index (χ4v) is 2.48. The Morgan fingerprint density at radius 3 is 1.58 bits per heavy atom. The molecule has 8 nitrogen and oxygen atoms in total. The van der Waals surface area contributed by atoms with Crippen molar-refractivity contribution in [3.8, 4) is 46.7 Å². The monoisotopic (exact) mass is 422 g/mol. The van der Waals surface area contributed by atoms with Crippen LogP contribution in [0.1, 0.15) is 27.1 Å². The van der Waals surface area contributed by atoms with E-state index in [1.54, 1.807) is 0 Å². The first-order valence-corrected chi connectivity index (χ1v) is 9.26. The number of carbonyl (C=O) groups is 2. The van der Waals surface area contributed by atoms with Gasteiger partial charge < -0.3 is 29.2 Å².